The normalized spacial score (nSPS) is 17.2. The van der Waals surface area contributed by atoms with Gasteiger partial charge >= 0.3 is 6.18 Å². The van der Waals surface area contributed by atoms with Gasteiger partial charge in [0.2, 0.25) is 11.8 Å². The van der Waals surface area contributed by atoms with Crippen LogP contribution < -0.4 is 5.32 Å². The molecule has 29 heavy (non-hydrogen) atoms. The molecule has 1 saturated heterocycles. The fourth-order valence-corrected chi connectivity index (χ4v) is 3.21. The zero-order valence-electron chi connectivity index (χ0n) is 16.2. The van der Waals surface area contributed by atoms with Gasteiger partial charge in [0.05, 0.1) is 12.6 Å². The number of hydrogen-bond acceptors (Lipinski definition) is 6. The van der Waals surface area contributed by atoms with Gasteiger partial charge in [0.15, 0.2) is 5.82 Å². The molecule has 0 saturated carbocycles. The quantitative estimate of drug-likeness (QED) is 0.752. The number of amides is 1. The Bertz CT molecular complexity index is 789. The molecule has 2 heterocycles. The Hall–Kier alpha value is -2.46. The lowest BCUT2D eigenvalue weighted by molar-refractivity contribution is -0.139. The number of hydrogen-bond donors (Lipinski definition) is 1. The highest BCUT2D eigenvalue weighted by Gasteiger charge is 2.29. The minimum absolute atomic E-state index is 0.0416. The van der Waals surface area contributed by atoms with E-state index in [2.05, 4.69) is 15.0 Å². The highest BCUT2D eigenvalue weighted by atomic mass is 19.4. The zero-order chi connectivity index (χ0) is 20.9. The van der Waals surface area contributed by atoms with Gasteiger partial charge in [0, 0.05) is 32.6 Å². The van der Waals surface area contributed by atoms with Crippen molar-refractivity contribution in [3.8, 4) is 0 Å². The summed E-state index contributed by atoms with van der Waals surface area (Å²) in [5.41, 5.74) is 1.10. The maximum absolute atomic E-state index is 12.2. The number of carbonyl (C=O) groups excluding carboxylic acids is 1. The van der Waals surface area contributed by atoms with E-state index in [4.69, 9.17) is 4.52 Å². The minimum atomic E-state index is -4.40. The molecule has 0 spiro atoms. The number of rotatable bonds is 7. The van der Waals surface area contributed by atoms with E-state index in [0.717, 1.165) is 5.56 Å². The molecule has 158 valence electrons. The van der Waals surface area contributed by atoms with Crippen molar-refractivity contribution in [3.63, 3.8) is 0 Å². The van der Waals surface area contributed by atoms with Crippen LogP contribution in [0.1, 0.15) is 30.2 Å². The molecular weight excluding hydrogens is 387 g/mol. The Morgan fingerprint density at radius 1 is 1.21 bits per heavy atom. The predicted octanol–water partition coefficient (Wildman–Crippen LogP) is 2.02. The van der Waals surface area contributed by atoms with Crippen molar-refractivity contribution in [1.29, 1.82) is 0 Å². The maximum atomic E-state index is 12.2. The van der Waals surface area contributed by atoms with E-state index in [0.29, 0.717) is 44.3 Å². The largest absolute Gasteiger partial charge is 0.405 e. The summed E-state index contributed by atoms with van der Waals surface area (Å²) in [5.74, 6) is 0.539. The van der Waals surface area contributed by atoms with Crippen LogP contribution in [0.5, 0.6) is 0 Å². The van der Waals surface area contributed by atoms with Crippen LogP contribution in [0, 0.1) is 0 Å². The van der Waals surface area contributed by atoms with E-state index in [9.17, 15) is 18.0 Å². The number of halogens is 3. The van der Waals surface area contributed by atoms with Crippen molar-refractivity contribution in [2.24, 2.45) is 0 Å². The first-order valence-electron chi connectivity index (χ1n) is 9.46. The summed E-state index contributed by atoms with van der Waals surface area (Å²) in [5, 5.41) is 5.95. The monoisotopic (exact) mass is 411 g/mol. The van der Waals surface area contributed by atoms with E-state index in [1.54, 1.807) is 0 Å². The lowest BCUT2D eigenvalue weighted by Crippen LogP contribution is -2.50. The first-order chi connectivity index (χ1) is 13.8. The summed E-state index contributed by atoms with van der Waals surface area (Å²) in [6.07, 6.45) is -3.80. The standard InChI is InChI=1S/C19H24F3N5O2/c1-14(18-24-16(25-29-18)11-15-5-3-2-4-6-15)27-9-7-26(8-10-27)12-17(28)23-13-19(20,21)22/h2-6,14H,7-13H2,1H3,(H,23,28). The summed E-state index contributed by atoms with van der Waals surface area (Å²) in [6.45, 7) is 3.11. The summed E-state index contributed by atoms with van der Waals surface area (Å²) < 4.78 is 41.9. The second-order valence-corrected chi connectivity index (χ2v) is 7.09. The molecule has 1 aromatic carbocycles. The minimum Gasteiger partial charge on any atom is -0.346 e. The average Bonchev–Trinajstić information content (AvgIpc) is 3.15. The van der Waals surface area contributed by atoms with Crippen molar-refractivity contribution >= 4 is 5.91 Å². The predicted molar refractivity (Wildman–Crippen MR) is 99.0 cm³/mol. The van der Waals surface area contributed by atoms with Crippen LogP contribution >= 0.6 is 0 Å². The van der Waals surface area contributed by atoms with E-state index < -0.39 is 18.6 Å². The van der Waals surface area contributed by atoms with Gasteiger partial charge < -0.3 is 9.84 Å². The van der Waals surface area contributed by atoms with Crippen LogP contribution in [-0.2, 0) is 11.2 Å². The Kier molecular flexibility index (Phi) is 6.86. The Morgan fingerprint density at radius 3 is 2.55 bits per heavy atom. The van der Waals surface area contributed by atoms with Crippen molar-refractivity contribution in [2.75, 3.05) is 39.3 Å². The fourth-order valence-electron chi connectivity index (χ4n) is 3.21. The van der Waals surface area contributed by atoms with Crippen LogP contribution in [0.4, 0.5) is 13.2 Å². The van der Waals surface area contributed by atoms with Gasteiger partial charge in [0.25, 0.3) is 0 Å². The number of alkyl halides is 3. The lowest BCUT2D eigenvalue weighted by Gasteiger charge is -2.36. The molecule has 2 aromatic rings. The number of carbonyl (C=O) groups is 1. The van der Waals surface area contributed by atoms with Crippen molar-refractivity contribution in [3.05, 3.63) is 47.6 Å². The molecule has 1 aliphatic heterocycles. The van der Waals surface area contributed by atoms with Gasteiger partial charge in [0.1, 0.15) is 6.54 Å². The molecule has 0 aliphatic carbocycles. The summed E-state index contributed by atoms with van der Waals surface area (Å²) in [4.78, 5) is 20.1. The van der Waals surface area contributed by atoms with Crippen LogP contribution in [-0.4, -0.2) is 71.3 Å². The van der Waals surface area contributed by atoms with Crippen molar-refractivity contribution in [2.45, 2.75) is 25.6 Å². The first kappa shape index (κ1) is 21.3. The number of benzene rings is 1. The molecule has 1 amide bonds. The van der Waals surface area contributed by atoms with Gasteiger partial charge in [-0.1, -0.05) is 35.5 Å². The summed E-state index contributed by atoms with van der Waals surface area (Å²) >= 11 is 0. The molecule has 0 bridgehead atoms. The number of aromatic nitrogens is 2. The summed E-state index contributed by atoms with van der Waals surface area (Å²) in [6, 6.07) is 9.80. The van der Waals surface area contributed by atoms with Gasteiger partial charge in [-0.05, 0) is 12.5 Å². The molecule has 1 aromatic heterocycles. The highest BCUT2D eigenvalue weighted by Crippen LogP contribution is 2.21. The van der Waals surface area contributed by atoms with Crippen LogP contribution in [0.15, 0.2) is 34.9 Å². The zero-order valence-corrected chi connectivity index (χ0v) is 16.2. The molecular formula is C19H24F3N5O2. The Balaban J connectivity index is 1.45. The molecule has 1 N–H and O–H groups in total. The first-order valence-corrected chi connectivity index (χ1v) is 9.46. The second-order valence-electron chi connectivity index (χ2n) is 7.09. The van der Waals surface area contributed by atoms with Crippen molar-refractivity contribution < 1.29 is 22.5 Å². The van der Waals surface area contributed by atoms with Gasteiger partial charge in [-0.25, -0.2) is 0 Å². The fraction of sp³-hybridized carbons (Fsp3) is 0.526. The van der Waals surface area contributed by atoms with E-state index in [1.165, 1.54) is 0 Å². The summed E-state index contributed by atoms with van der Waals surface area (Å²) in [7, 11) is 0. The molecule has 3 rings (SSSR count). The second kappa shape index (κ2) is 9.36. The molecule has 1 unspecified atom stereocenters. The number of nitrogens with one attached hydrogen (secondary N) is 1. The SMILES string of the molecule is CC(c1nc(Cc2ccccc2)no1)N1CCN(CC(=O)NCC(F)(F)F)CC1. The molecule has 1 fully saturated rings. The van der Waals surface area contributed by atoms with E-state index in [-0.39, 0.29) is 12.6 Å². The van der Waals surface area contributed by atoms with Crippen LogP contribution in [0.2, 0.25) is 0 Å². The van der Waals surface area contributed by atoms with E-state index in [1.807, 2.05) is 47.5 Å². The molecule has 10 heteroatoms. The number of nitrogens with zero attached hydrogens (tertiary/aromatic N) is 4. The number of piperazine rings is 1. The highest BCUT2D eigenvalue weighted by molar-refractivity contribution is 5.78. The molecule has 1 atom stereocenters. The molecule has 7 nitrogen and oxygen atoms in total. The van der Waals surface area contributed by atoms with Crippen LogP contribution in [0.3, 0.4) is 0 Å². The smallest absolute Gasteiger partial charge is 0.346 e. The van der Waals surface area contributed by atoms with E-state index >= 15 is 0 Å². The van der Waals surface area contributed by atoms with Gasteiger partial charge in [-0.3, -0.25) is 14.6 Å². The van der Waals surface area contributed by atoms with Crippen LogP contribution in [0.25, 0.3) is 0 Å². The topological polar surface area (TPSA) is 74.5 Å². The third-order valence-electron chi connectivity index (χ3n) is 4.85. The average molecular weight is 411 g/mol. The van der Waals surface area contributed by atoms with Gasteiger partial charge in [-0.15, -0.1) is 0 Å². The van der Waals surface area contributed by atoms with Gasteiger partial charge in [-0.2, -0.15) is 18.2 Å². The Labute approximate surface area is 166 Å². The Morgan fingerprint density at radius 2 is 1.90 bits per heavy atom. The third kappa shape index (κ3) is 6.53. The molecule has 1 aliphatic rings. The third-order valence-corrected chi connectivity index (χ3v) is 4.85. The molecule has 0 radical (unpaired) electrons. The van der Waals surface area contributed by atoms with Crippen molar-refractivity contribution in [1.82, 2.24) is 25.3 Å². The lowest BCUT2D eigenvalue weighted by atomic mass is 10.1. The maximum Gasteiger partial charge on any atom is 0.405 e.